The minimum atomic E-state index is -4.73. The number of nitrogens with zero attached hydrogens (tertiary/aromatic N) is 4. The van der Waals surface area contributed by atoms with E-state index < -0.39 is 75.1 Å². The molecule has 6 aromatic rings. The first-order valence-corrected chi connectivity index (χ1v) is 25.4. The normalized spacial score (nSPS) is 13.5. The number of aromatic nitrogens is 1. The molecule has 1 N–H and O–H groups in total. The number of aliphatic carboxylic acids is 4. The number of halogens is 1. The maximum absolute atomic E-state index is 13.5. The van der Waals surface area contributed by atoms with Crippen molar-refractivity contribution in [1.29, 1.82) is 0 Å². The molecule has 2 unspecified atom stereocenters. The highest BCUT2D eigenvalue weighted by atomic mass is 35.5. The number of fused-ring (bicyclic) bond motifs is 4. The van der Waals surface area contributed by atoms with E-state index in [1.807, 2.05) is 36.4 Å². The lowest BCUT2D eigenvalue weighted by molar-refractivity contribution is -0.648. The van der Waals surface area contributed by atoms with Crippen molar-refractivity contribution < 1.29 is 70.4 Å². The van der Waals surface area contributed by atoms with Crippen molar-refractivity contribution in [3.8, 4) is 0 Å². The summed E-state index contributed by atoms with van der Waals surface area (Å²) in [7, 11) is -8.92. The van der Waals surface area contributed by atoms with Crippen molar-refractivity contribution in [1.82, 2.24) is 4.72 Å². The molecule has 0 amide bonds. The molecular formula is C46H40ClN5O14S4-4. The Morgan fingerprint density at radius 3 is 1.89 bits per heavy atom. The second-order valence-electron chi connectivity index (χ2n) is 14.8. The maximum Gasteiger partial charge on any atom is 0.266 e. The topological polar surface area (TPSA) is 295 Å². The van der Waals surface area contributed by atoms with E-state index in [9.17, 15) is 65.8 Å². The first-order chi connectivity index (χ1) is 33.1. The van der Waals surface area contributed by atoms with Crippen LogP contribution in [0.5, 0.6) is 0 Å². The number of thioether (sulfide) groups is 1. The average Bonchev–Trinajstić information content (AvgIpc) is 3.84. The highest BCUT2D eigenvalue weighted by Gasteiger charge is 2.31. The van der Waals surface area contributed by atoms with Crippen LogP contribution in [0.1, 0.15) is 29.2 Å². The number of hydrogen-bond donors (Lipinski definition) is 1. The van der Waals surface area contributed by atoms with Gasteiger partial charge in [-0.2, -0.15) is 9.29 Å². The van der Waals surface area contributed by atoms with Gasteiger partial charge in [0.25, 0.3) is 5.01 Å². The fourth-order valence-electron chi connectivity index (χ4n) is 6.95. The van der Waals surface area contributed by atoms with Crippen LogP contribution < -0.4 is 44.4 Å². The highest BCUT2D eigenvalue weighted by molar-refractivity contribution is 8.04. The summed E-state index contributed by atoms with van der Waals surface area (Å²) in [5.74, 6) is -6.68. The first kappa shape index (κ1) is 54.1. The van der Waals surface area contributed by atoms with E-state index in [0.717, 1.165) is 30.2 Å². The van der Waals surface area contributed by atoms with Crippen molar-refractivity contribution in [2.45, 2.75) is 41.6 Å². The summed E-state index contributed by atoms with van der Waals surface area (Å²) in [5, 5.41) is 47.0. The number of anilines is 3. The molecule has 19 nitrogen and oxygen atoms in total. The minimum absolute atomic E-state index is 0.124. The molecule has 368 valence electrons. The van der Waals surface area contributed by atoms with E-state index in [-0.39, 0.29) is 17.3 Å². The smallest absolute Gasteiger partial charge is 0.266 e. The van der Waals surface area contributed by atoms with Crippen LogP contribution in [-0.2, 0) is 45.2 Å². The number of aldehydes is 1. The van der Waals surface area contributed by atoms with Crippen LogP contribution in [0.4, 0.5) is 17.1 Å². The van der Waals surface area contributed by atoms with E-state index in [2.05, 4.69) is 17.9 Å². The van der Waals surface area contributed by atoms with Gasteiger partial charge in [0.05, 0.1) is 82.8 Å². The Morgan fingerprint density at radius 1 is 0.800 bits per heavy atom. The van der Waals surface area contributed by atoms with E-state index >= 15 is 0 Å². The van der Waals surface area contributed by atoms with E-state index in [0.29, 0.717) is 43.8 Å². The molecule has 0 fully saturated rings. The van der Waals surface area contributed by atoms with Crippen molar-refractivity contribution in [2.75, 3.05) is 34.5 Å². The van der Waals surface area contributed by atoms with Crippen molar-refractivity contribution >= 4 is 129 Å². The summed E-state index contributed by atoms with van der Waals surface area (Å²) in [5.41, 5.74) is 2.05. The molecule has 0 bridgehead atoms. The molecule has 0 spiro atoms. The molecular weight excluding hydrogens is 1010 g/mol. The summed E-state index contributed by atoms with van der Waals surface area (Å²) in [6.07, 6.45) is 2.33. The Hall–Kier alpha value is -6.86. The van der Waals surface area contributed by atoms with Crippen molar-refractivity contribution in [3.63, 3.8) is 0 Å². The van der Waals surface area contributed by atoms with Crippen LogP contribution in [0, 0.1) is 0 Å². The second kappa shape index (κ2) is 23.2. The third-order valence-corrected chi connectivity index (χ3v) is 14.7. The number of nitrogens with one attached hydrogen (secondary N) is 1. The maximum atomic E-state index is 13.5. The lowest BCUT2D eigenvalue weighted by atomic mass is 10.1. The molecule has 7 rings (SSSR count). The van der Waals surface area contributed by atoms with Gasteiger partial charge < -0.3 is 58.9 Å². The third-order valence-electron chi connectivity index (χ3n) is 10.3. The van der Waals surface area contributed by atoms with Gasteiger partial charge in [-0.25, -0.2) is 16.8 Å². The molecule has 24 heteroatoms. The molecule has 2 heterocycles. The molecule has 2 atom stereocenters. The fourth-order valence-corrected chi connectivity index (χ4v) is 11.0. The van der Waals surface area contributed by atoms with E-state index in [4.69, 9.17) is 11.6 Å². The zero-order chi connectivity index (χ0) is 51.7. The lowest BCUT2D eigenvalue weighted by Crippen LogP contribution is -2.50. The molecule has 5 aromatic carbocycles. The highest BCUT2D eigenvalue weighted by Crippen LogP contribution is 2.47. The number of benzene rings is 5. The van der Waals surface area contributed by atoms with E-state index in [1.54, 1.807) is 29.2 Å². The molecule has 0 saturated carbocycles. The van der Waals surface area contributed by atoms with Crippen LogP contribution in [0.25, 0.3) is 27.1 Å². The van der Waals surface area contributed by atoms with Gasteiger partial charge in [-0.3, -0.25) is 4.79 Å². The van der Waals surface area contributed by atoms with Gasteiger partial charge in [0, 0.05) is 26.9 Å². The standard InChI is InChI=1S/C32H27ClN4O9S4.C12H13NO5.C2H4/c1-19(32(40)41)35(16-30(38)39)22-8-10-23(11-9-22)50(45,46)34-17-36-25-14-21(33)7-13-26(25)47-28(36)15-29-37(18-49(42,43)44)31-24-5-3-2-4-20(24)6-12-27(31)48-29;1-8(12(17)18)13(6-11(15)16)10-4-2-9(7-14)3-5-10;1-2/h2-15,19,34H,16-18H2,1H3,(H2-,38,39,40,41,42,43,44);2-5,7-8H,6H2,1H3,(H,15,16)(H,17,18);1-2H2/p-4. The summed E-state index contributed by atoms with van der Waals surface area (Å²) in [4.78, 5) is 58.9. The van der Waals surface area contributed by atoms with Crippen molar-refractivity contribution in [3.05, 3.63) is 137 Å². The quantitative estimate of drug-likeness (QED) is 0.0544. The zero-order valence-electron chi connectivity index (χ0n) is 36.9. The van der Waals surface area contributed by atoms with Gasteiger partial charge in [0.15, 0.2) is 10.1 Å². The minimum Gasteiger partial charge on any atom is -0.743 e. The number of hydrogen-bond acceptors (Lipinski definition) is 19. The number of carbonyl (C=O) groups is 5. The summed E-state index contributed by atoms with van der Waals surface area (Å²) in [6.45, 7) is 6.92. The molecule has 70 heavy (non-hydrogen) atoms. The number of rotatable bonds is 18. The number of sulfonamides is 1. The summed E-state index contributed by atoms with van der Waals surface area (Å²) >= 11 is 8.89. The van der Waals surface area contributed by atoms with Crippen LogP contribution >= 0.6 is 34.7 Å². The number of carboxylic acid groups (broad SMARTS) is 4. The molecule has 0 saturated heterocycles. The number of thiazole rings is 1. The fraction of sp³-hybridized carbons (Fsp3) is 0.174. The molecule has 1 aromatic heterocycles. The first-order valence-electron chi connectivity index (χ1n) is 20.3. The molecule has 0 radical (unpaired) electrons. The number of carbonyl (C=O) groups excluding carboxylic acids is 5. The van der Waals surface area contributed by atoms with Gasteiger partial charge in [-0.1, -0.05) is 59.0 Å². The van der Waals surface area contributed by atoms with Gasteiger partial charge in [-0.05, 0) is 98.1 Å². The van der Waals surface area contributed by atoms with Gasteiger partial charge in [-0.15, -0.1) is 13.2 Å². The molecule has 0 aliphatic carbocycles. The Bertz CT molecular complexity index is 3210. The average molecular weight is 1050 g/mol. The zero-order valence-corrected chi connectivity index (χ0v) is 40.9. The van der Waals surface area contributed by atoms with Crippen LogP contribution in [0.3, 0.4) is 0 Å². The predicted octanol–water partition coefficient (Wildman–Crippen LogP) is 1.04. The van der Waals surface area contributed by atoms with Gasteiger partial charge >= 0.3 is 0 Å². The van der Waals surface area contributed by atoms with Crippen LogP contribution in [-0.4, -0.2) is 83.4 Å². The largest absolute Gasteiger partial charge is 0.743 e. The predicted molar refractivity (Wildman–Crippen MR) is 255 cm³/mol. The Morgan fingerprint density at radius 2 is 1.36 bits per heavy atom. The summed E-state index contributed by atoms with van der Waals surface area (Å²) < 4.78 is 68.0. The summed E-state index contributed by atoms with van der Waals surface area (Å²) in [6, 6.07) is 24.6. The Balaban J connectivity index is 0.000000384. The number of carboxylic acids is 4. The monoisotopic (exact) mass is 1050 g/mol. The molecule has 1 aliphatic rings. The lowest BCUT2D eigenvalue weighted by Gasteiger charge is -2.32. The Kier molecular flexibility index (Phi) is 17.9. The Labute approximate surface area is 414 Å². The second-order valence-corrected chi connectivity index (χ2v) is 20.5. The SMILES string of the molecule is C=C.CC(C(=O)[O-])N(CC(=O)[O-])c1ccc(C=O)cc1.CC(C(=O)[O-])N(CC(=O)[O-])c1ccc(S(=O)(=O)NCN2C(=Cc3sc4ccc5ccccc5c4[n+]3CS(=O)(=O)[O-])Sc3ccc(Cl)cc32)cc1. The van der Waals surface area contributed by atoms with Gasteiger partial charge in [0.2, 0.25) is 21.4 Å². The van der Waals surface area contributed by atoms with Crippen molar-refractivity contribution in [2.24, 2.45) is 0 Å². The van der Waals surface area contributed by atoms with Crippen LogP contribution in [0.15, 0.2) is 131 Å². The molecule has 1 aliphatic heterocycles. The third kappa shape index (κ3) is 13.3. The van der Waals surface area contributed by atoms with Crippen LogP contribution in [0.2, 0.25) is 5.02 Å². The van der Waals surface area contributed by atoms with Gasteiger partial charge in [0.1, 0.15) is 11.0 Å². The van der Waals surface area contributed by atoms with E-state index in [1.165, 1.54) is 90.0 Å².